The summed E-state index contributed by atoms with van der Waals surface area (Å²) < 4.78 is 16.4. The fourth-order valence-corrected chi connectivity index (χ4v) is 4.67. The van der Waals surface area contributed by atoms with Gasteiger partial charge >= 0.3 is 0 Å². The summed E-state index contributed by atoms with van der Waals surface area (Å²) in [6.07, 6.45) is 4.77. The first kappa shape index (κ1) is 26.4. The molecule has 2 amide bonds. The molecule has 2 aromatic carbocycles. The zero-order valence-corrected chi connectivity index (χ0v) is 21.8. The summed E-state index contributed by atoms with van der Waals surface area (Å²) in [6.45, 7) is 4.63. The predicted molar refractivity (Wildman–Crippen MR) is 137 cm³/mol. The van der Waals surface area contributed by atoms with Gasteiger partial charge in [-0.3, -0.25) is 9.59 Å². The summed E-state index contributed by atoms with van der Waals surface area (Å²) in [5.74, 6) is 1.76. The fourth-order valence-electron chi connectivity index (χ4n) is 4.67. The van der Waals surface area contributed by atoms with Gasteiger partial charge in [0.25, 0.3) is 0 Å². The molecule has 0 aliphatic carbocycles. The molecule has 0 saturated carbocycles. The third-order valence-electron chi connectivity index (χ3n) is 6.84. The Bertz CT molecular complexity index is 996. The molecule has 0 spiro atoms. The Labute approximate surface area is 209 Å². The second-order valence-electron chi connectivity index (χ2n) is 9.05. The first-order chi connectivity index (χ1) is 16.9. The largest absolute Gasteiger partial charge is 0.493 e. The lowest BCUT2D eigenvalue weighted by atomic mass is 9.96. The van der Waals surface area contributed by atoms with Crippen LogP contribution in [-0.4, -0.2) is 68.6 Å². The molecule has 1 unspecified atom stereocenters. The van der Waals surface area contributed by atoms with Gasteiger partial charge in [0.2, 0.25) is 17.6 Å². The molecule has 0 aromatic heterocycles. The van der Waals surface area contributed by atoms with Crippen molar-refractivity contribution in [1.29, 1.82) is 0 Å². The van der Waals surface area contributed by atoms with Crippen LogP contribution in [0.5, 0.6) is 17.2 Å². The number of likely N-dealkylation sites (N-methyl/N-ethyl adjacent to an activating group) is 1. The fraction of sp³-hybridized carbons (Fsp3) is 0.500. The summed E-state index contributed by atoms with van der Waals surface area (Å²) in [7, 11) is 6.50. The first-order valence-corrected chi connectivity index (χ1v) is 12.3. The van der Waals surface area contributed by atoms with Crippen molar-refractivity contribution in [3.05, 3.63) is 42.0 Å². The van der Waals surface area contributed by atoms with Crippen molar-refractivity contribution in [2.75, 3.05) is 34.9 Å². The number of piperazine rings is 1. The smallest absolute Gasteiger partial charge is 0.246 e. The minimum Gasteiger partial charge on any atom is -0.493 e. The maximum absolute atomic E-state index is 13.3. The monoisotopic (exact) mass is 482 g/mol. The summed E-state index contributed by atoms with van der Waals surface area (Å²) in [5.41, 5.74) is 2.91. The first-order valence-electron chi connectivity index (χ1n) is 12.3. The number of ether oxygens (including phenoxy) is 3. The van der Waals surface area contributed by atoms with E-state index in [-0.39, 0.29) is 11.8 Å². The highest BCUT2D eigenvalue weighted by atomic mass is 16.5. The molecule has 0 radical (unpaired) electrons. The van der Waals surface area contributed by atoms with Gasteiger partial charge in [0, 0.05) is 20.0 Å². The van der Waals surface area contributed by atoms with Crippen LogP contribution in [0.3, 0.4) is 0 Å². The molecule has 1 aliphatic heterocycles. The van der Waals surface area contributed by atoms with Crippen LogP contribution >= 0.6 is 0 Å². The zero-order valence-electron chi connectivity index (χ0n) is 21.8. The van der Waals surface area contributed by atoms with Crippen molar-refractivity contribution in [3.63, 3.8) is 0 Å². The highest BCUT2D eigenvalue weighted by Crippen LogP contribution is 2.41. The maximum atomic E-state index is 13.3. The quantitative estimate of drug-likeness (QED) is 0.439. The second-order valence-corrected chi connectivity index (χ2v) is 9.05. The lowest BCUT2D eigenvalue weighted by molar-refractivity contribution is -0.159. The molecular weight excluding hydrogens is 444 g/mol. The average Bonchev–Trinajstić information content (AvgIpc) is 2.89. The predicted octanol–water partition coefficient (Wildman–Crippen LogP) is 4.56. The molecule has 2 atom stereocenters. The Morgan fingerprint density at radius 2 is 1.46 bits per heavy atom. The molecule has 0 N–H and O–H groups in total. The molecule has 7 heteroatoms. The Morgan fingerprint density at radius 3 is 2.00 bits per heavy atom. The number of carbonyl (C=O) groups excluding carboxylic acids is 2. The number of hydrogen-bond donors (Lipinski definition) is 0. The van der Waals surface area contributed by atoms with Gasteiger partial charge in [-0.1, -0.05) is 50.5 Å². The van der Waals surface area contributed by atoms with E-state index in [1.54, 1.807) is 38.2 Å². The van der Waals surface area contributed by atoms with E-state index in [1.807, 2.05) is 43.3 Å². The number of hydrogen-bond acceptors (Lipinski definition) is 5. The summed E-state index contributed by atoms with van der Waals surface area (Å²) in [5, 5.41) is 0. The van der Waals surface area contributed by atoms with Gasteiger partial charge in [-0.2, -0.15) is 0 Å². The molecule has 1 fully saturated rings. The number of methoxy groups -OCH3 is 3. The molecule has 1 aliphatic rings. The van der Waals surface area contributed by atoms with Crippen molar-refractivity contribution < 1.29 is 23.8 Å². The van der Waals surface area contributed by atoms with Crippen molar-refractivity contribution in [1.82, 2.24) is 9.80 Å². The van der Waals surface area contributed by atoms with Crippen molar-refractivity contribution in [2.24, 2.45) is 0 Å². The molecule has 190 valence electrons. The van der Waals surface area contributed by atoms with Crippen molar-refractivity contribution >= 4 is 11.8 Å². The Balaban J connectivity index is 1.78. The minimum atomic E-state index is -0.489. The summed E-state index contributed by atoms with van der Waals surface area (Å²) >= 11 is 0. The van der Waals surface area contributed by atoms with Gasteiger partial charge in [-0.15, -0.1) is 0 Å². The Kier molecular flexibility index (Phi) is 9.01. The lowest BCUT2D eigenvalue weighted by Crippen LogP contribution is -2.63. The van der Waals surface area contributed by atoms with Crippen LogP contribution in [0.1, 0.15) is 45.1 Å². The summed E-state index contributed by atoms with van der Waals surface area (Å²) in [4.78, 5) is 29.6. The topological polar surface area (TPSA) is 68.3 Å². The number of nitrogens with zero attached hydrogens (tertiary/aromatic N) is 2. The van der Waals surface area contributed by atoms with Crippen LogP contribution < -0.4 is 14.2 Å². The molecule has 1 heterocycles. The molecule has 1 saturated heterocycles. The van der Waals surface area contributed by atoms with E-state index in [9.17, 15) is 9.59 Å². The van der Waals surface area contributed by atoms with Gasteiger partial charge in [0.15, 0.2) is 11.5 Å². The van der Waals surface area contributed by atoms with E-state index in [4.69, 9.17) is 14.2 Å². The van der Waals surface area contributed by atoms with E-state index in [2.05, 4.69) is 6.92 Å². The zero-order chi connectivity index (χ0) is 25.5. The van der Waals surface area contributed by atoms with E-state index in [0.717, 1.165) is 42.4 Å². The van der Waals surface area contributed by atoms with E-state index >= 15 is 0 Å². The van der Waals surface area contributed by atoms with E-state index in [1.165, 1.54) is 0 Å². The van der Waals surface area contributed by atoms with Gasteiger partial charge in [-0.25, -0.2) is 0 Å². The van der Waals surface area contributed by atoms with Crippen LogP contribution in [-0.2, 0) is 16.0 Å². The van der Waals surface area contributed by atoms with Gasteiger partial charge in [-0.05, 0) is 42.2 Å². The molecule has 7 nitrogen and oxygen atoms in total. The van der Waals surface area contributed by atoms with E-state index in [0.29, 0.717) is 30.2 Å². The SMILES string of the molecule is CCCCCCN1C(=O)C(Cc2ccc(-c3cc(OC)c(OC)c(OC)c3)cc2)N(C)C(=O)[C@H]1C. The van der Waals surface area contributed by atoms with E-state index < -0.39 is 12.1 Å². The third kappa shape index (κ3) is 5.72. The second kappa shape index (κ2) is 12.0. The van der Waals surface area contributed by atoms with Crippen LogP contribution in [0, 0.1) is 0 Å². The van der Waals surface area contributed by atoms with Crippen LogP contribution in [0.2, 0.25) is 0 Å². The molecule has 3 rings (SSSR count). The highest BCUT2D eigenvalue weighted by Gasteiger charge is 2.41. The van der Waals surface area contributed by atoms with Gasteiger partial charge < -0.3 is 24.0 Å². The van der Waals surface area contributed by atoms with Crippen LogP contribution in [0.25, 0.3) is 11.1 Å². The van der Waals surface area contributed by atoms with Gasteiger partial charge in [0.05, 0.1) is 21.3 Å². The molecule has 0 bridgehead atoms. The lowest BCUT2D eigenvalue weighted by Gasteiger charge is -2.42. The Morgan fingerprint density at radius 1 is 0.829 bits per heavy atom. The number of amides is 2. The number of carbonyl (C=O) groups is 2. The average molecular weight is 483 g/mol. The number of benzene rings is 2. The third-order valence-corrected chi connectivity index (χ3v) is 6.84. The summed E-state index contributed by atoms with van der Waals surface area (Å²) in [6, 6.07) is 11.0. The number of rotatable bonds is 11. The van der Waals surface area contributed by atoms with Crippen LogP contribution in [0.15, 0.2) is 36.4 Å². The maximum Gasteiger partial charge on any atom is 0.246 e. The number of unbranched alkanes of at least 4 members (excludes halogenated alkanes) is 3. The van der Waals surface area contributed by atoms with Gasteiger partial charge in [0.1, 0.15) is 12.1 Å². The molecule has 2 aromatic rings. The van der Waals surface area contributed by atoms with Crippen molar-refractivity contribution in [3.8, 4) is 28.4 Å². The molecular formula is C28H38N2O5. The van der Waals surface area contributed by atoms with Crippen LogP contribution in [0.4, 0.5) is 0 Å². The standard InChI is InChI=1S/C28H38N2O5/c1-7-8-9-10-15-30-19(2)27(31)29(3)23(28(30)32)16-20-11-13-21(14-12-20)22-17-24(33-4)26(35-6)25(18-22)34-5/h11-14,17-19,23H,7-10,15-16H2,1-6H3/t19-,23?/m1/s1. The van der Waals surface area contributed by atoms with Crippen molar-refractivity contribution in [2.45, 2.75) is 58.0 Å². The molecule has 35 heavy (non-hydrogen) atoms. The highest BCUT2D eigenvalue weighted by molar-refractivity contribution is 5.96. The normalized spacial score (nSPS) is 18.1. The Hall–Kier alpha value is -3.22. The minimum absolute atomic E-state index is 0.000801.